The van der Waals surface area contributed by atoms with E-state index < -0.39 is 29.5 Å². The Morgan fingerprint density at radius 1 is 1.43 bits per heavy atom. The van der Waals surface area contributed by atoms with E-state index in [0.29, 0.717) is 22.2 Å². The summed E-state index contributed by atoms with van der Waals surface area (Å²) in [5.41, 5.74) is 7.34. The van der Waals surface area contributed by atoms with Crippen LogP contribution in [0.2, 0.25) is 5.15 Å². The van der Waals surface area contributed by atoms with E-state index in [0.717, 1.165) is 3.57 Å². The summed E-state index contributed by atoms with van der Waals surface area (Å²) in [5.74, 6) is -0.0933. The first-order valence-electron chi connectivity index (χ1n) is 10.9. The fourth-order valence-electron chi connectivity index (χ4n) is 4.31. The molecule has 1 fully saturated rings. The van der Waals surface area contributed by atoms with Crippen LogP contribution in [0.25, 0.3) is 11.0 Å². The maximum absolute atomic E-state index is 11.7. The van der Waals surface area contributed by atoms with Gasteiger partial charge in [0.05, 0.1) is 41.3 Å². The summed E-state index contributed by atoms with van der Waals surface area (Å²) >= 11 is 8.47. The molecule has 4 rings (SSSR count). The molecule has 11 nitrogen and oxygen atoms in total. The molecule has 13 heteroatoms. The van der Waals surface area contributed by atoms with Gasteiger partial charge in [-0.3, -0.25) is 10.1 Å². The molecule has 0 amide bonds. The van der Waals surface area contributed by atoms with E-state index >= 15 is 0 Å². The number of aliphatic hydroxyl groups excluding tert-OH is 2. The Kier molecular flexibility index (Phi) is 7.78. The number of hydrogen-bond acceptors (Lipinski definition) is 9. The molecule has 0 aliphatic carbocycles. The number of rotatable bonds is 8. The van der Waals surface area contributed by atoms with Crippen molar-refractivity contribution in [3.63, 3.8) is 0 Å². The van der Waals surface area contributed by atoms with E-state index in [1.807, 2.05) is 36.4 Å². The summed E-state index contributed by atoms with van der Waals surface area (Å²) in [6, 6.07) is 5.04. The maximum atomic E-state index is 11.7. The van der Waals surface area contributed by atoms with E-state index in [1.54, 1.807) is 22.9 Å². The third-order valence-electron chi connectivity index (χ3n) is 5.94. The molecule has 3 aromatic rings. The first-order chi connectivity index (χ1) is 16.6. The minimum Gasteiger partial charge on any atom is -0.394 e. The molecule has 4 N–H and O–H groups in total. The fourth-order valence-corrected chi connectivity index (χ4v) is 5.08. The van der Waals surface area contributed by atoms with Gasteiger partial charge in [-0.15, -0.1) is 0 Å². The van der Waals surface area contributed by atoms with Crippen LogP contribution < -0.4 is 5.73 Å². The summed E-state index contributed by atoms with van der Waals surface area (Å²) in [6.45, 7) is 3.58. The van der Waals surface area contributed by atoms with Crippen LogP contribution >= 0.6 is 34.2 Å². The summed E-state index contributed by atoms with van der Waals surface area (Å²) in [6.07, 6.45) is -0.770. The van der Waals surface area contributed by atoms with Gasteiger partial charge in [-0.05, 0) is 40.6 Å². The summed E-state index contributed by atoms with van der Waals surface area (Å²) in [5, 5.41) is 32.0. The lowest BCUT2D eigenvalue weighted by Crippen LogP contribution is -2.24. The Balaban J connectivity index is 1.71. The smallest absolute Gasteiger partial charge is 0.276 e. The number of nitro benzene ring substituents is 1. The number of nitrogens with zero attached hydrogens (tertiary/aromatic N) is 4. The molecule has 1 aliphatic heterocycles. The molecule has 1 saturated heterocycles. The number of aliphatic hydroxyl groups is 2. The van der Waals surface area contributed by atoms with Gasteiger partial charge in [-0.2, -0.15) is 4.98 Å². The van der Waals surface area contributed by atoms with Crippen LogP contribution in [-0.2, 0) is 16.1 Å². The van der Waals surface area contributed by atoms with E-state index in [-0.39, 0.29) is 42.3 Å². The van der Waals surface area contributed by atoms with Crippen molar-refractivity contribution in [2.45, 2.75) is 51.4 Å². The van der Waals surface area contributed by atoms with Crippen molar-refractivity contribution in [3.8, 4) is 0 Å². The third-order valence-corrected chi connectivity index (χ3v) is 6.88. The van der Waals surface area contributed by atoms with Crippen LogP contribution in [0.15, 0.2) is 24.4 Å². The summed E-state index contributed by atoms with van der Waals surface area (Å²) in [4.78, 5) is 19.7. The van der Waals surface area contributed by atoms with Crippen LogP contribution in [0, 0.1) is 19.6 Å². The van der Waals surface area contributed by atoms with Gasteiger partial charge < -0.3 is 30.0 Å². The number of nitrogen functional groups attached to an aromatic ring is 1. The predicted octanol–water partition coefficient (Wildman–Crippen LogP) is 3.73. The van der Waals surface area contributed by atoms with Crippen molar-refractivity contribution < 1.29 is 24.6 Å². The molecule has 0 spiro atoms. The lowest BCUT2D eigenvalue weighted by atomic mass is 9.97. The number of aromatic nitrogens is 3. The molecular formula is C22H25ClIN5O6. The predicted molar refractivity (Wildman–Crippen MR) is 137 cm³/mol. The molecular weight excluding hydrogens is 593 g/mol. The Bertz CT molecular complexity index is 1250. The zero-order valence-corrected chi connectivity index (χ0v) is 21.9. The number of fused-ring (bicyclic) bond motifs is 1. The first-order valence-corrected chi connectivity index (χ1v) is 12.4. The lowest BCUT2D eigenvalue weighted by Gasteiger charge is -2.22. The van der Waals surface area contributed by atoms with E-state index in [9.17, 15) is 20.3 Å². The SMILES string of the molecule is CC(C)[C@@H](OCc1cn([C@H]2C[C@@H](O)[C@@H](CO)O2)c2nc(N)nc(Cl)c12)c1ccc(I)cc1[N+](=O)[O-]. The molecule has 4 atom stereocenters. The quantitative estimate of drug-likeness (QED) is 0.148. The van der Waals surface area contributed by atoms with E-state index in [2.05, 4.69) is 9.97 Å². The third kappa shape index (κ3) is 5.22. The summed E-state index contributed by atoms with van der Waals surface area (Å²) < 4.78 is 14.5. The fraction of sp³-hybridized carbons (Fsp3) is 0.455. The highest BCUT2D eigenvalue weighted by atomic mass is 127. The van der Waals surface area contributed by atoms with Gasteiger partial charge in [0.25, 0.3) is 5.69 Å². The van der Waals surface area contributed by atoms with E-state index in [1.165, 1.54) is 6.07 Å². The normalized spacial score (nSPS) is 21.2. The minimum absolute atomic E-state index is 0.00411. The molecule has 0 saturated carbocycles. The van der Waals surface area contributed by atoms with Crippen molar-refractivity contribution in [2.24, 2.45) is 5.92 Å². The average Bonchev–Trinajstić information content (AvgIpc) is 3.34. The number of ether oxygens (including phenoxy) is 2. The molecule has 35 heavy (non-hydrogen) atoms. The standard InChI is InChI=1S/C22H25ClIN5O6/c1-10(2)19(13-4-3-12(24)5-14(13)29(32)33)34-9-11-7-28(17-6-15(31)16(8-30)35-17)21-18(11)20(23)26-22(25)27-21/h3-5,7,10,15-17,19,30-31H,6,8-9H2,1-2H3,(H2,25,26,27)/t15-,16-,17-,19-/m1/s1. The maximum Gasteiger partial charge on any atom is 0.276 e. The highest BCUT2D eigenvalue weighted by Gasteiger charge is 2.36. The molecule has 188 valence electrons. The molecule has 0 unspecified atom stereocenters. The number of hydrogen-bond donors (Lipinski definition) is 3. The second kappa shape index (κ2) is 10.5. The molecule has 1 aromatic carbocycles. The Labute approximate surface area is 219 Å². The molecule has 1 aliphatic rings. The number of nitro groups is 1. The van der Waals surface area contributed by atoms with Crippen molar-refractivity contribution in [1.82, 2.24) is 14.5 Å². The van der Waals surface area contributed by atoms with Crippen LogP contribution in [-0.4, -0.2) is 48.5 Å². The van der Waals surface area contributed by atoms with Gasteiger partial charge in [0.2, 0.25) is 5.95 Å². The van der Waals surface area contributed by atoms with Crippen molar-refractivity contribution in [2.75, 3.05) is 12.3 Å². The first kappa shape index (κ1) is 26.0. The topological polar surface area (TPSA) is 159 Å². The van der Waals surface area contributed by atoms with Gasteiger partial charge in [0.15, 0.2) is 0 Å². The van der Waals surface area contributed by atoms with Crippen LogP contribution in [0.3, 0.4) is 0 Å². The van der Waals surface area contributed by atoms with Crippen molar-refractivity contribution in [3.05, 3.63) is 54.4 Å². The van der Waals surface area contributed by atoms with Gasteiger partial charge >= 0.3 is 0 Å². The van der Waals surface area contributed by atoms with Gasteiger partial charge in [0.1, 0.15) is 23.1 Å². The Morgan fingerprint density at radius 3 is 2.80 bits per heavy atom. The van der Waals surface area contributed by atoms with Gasteiger partial charge in [0, 0.05) is 27.8 Å². The van der Waals surface area contributed by atoms with Crippen LogP contribution in [0.4, 0.5) is 11.6 Å². The van der Waals surface area contributed by atoms with Crippen LogP contribution in [0.1, 0.15) is 43.7 Å². The Hall–Kier alpha value is -2.10. The second-order valence-electron chi connectivity index (χ2n) is 8.68. The minimum atomic E-state index is -0.844. The molecule has 0 bridgehead atoms. The molecule has 2 aromatic heterocycles. The zero-order valence-electron chi connectivity index (χ0n) is 19.0. The lowest BCUT2D eigenvalue weighted by molar-refractivity contribution is -0.386. The average molecular weight is 618 g/mol. The monoisotopic (exact) mass is 617 g/mol. The van der Waals surface area contributed by atoms with Crippen molar-refractivity contribution in [1.29, 1.82) is 0 Å². The molecule has 3 heterocycles. The van der Waals surface area contributed by atoms with Crippen LogP contribution in [0.5, 0.6) is 0 Å². The number of benzene rings is 1. The van der Waals surface area contributed by atoms with Gasteiger partial charge in [-0.25, -0.2) is 4.98 Å². The molecule has 0 radical (unpaired) electrons. The highest BCUT2D eigenvalue weighted by Crippen LogP contribution is 2.38. The van der Waals surface area contributed by atoms with E-state index in [4.69, 9.17) is 26.8 Å². The second-order valence-corrected chi connectivity index (χ2v) is 10.3. The highest BCUT2D eigenvalue weighted by molar-refractivity contribution is 14.1. The number of nitrogens with two attached hydrogens (primary N) is 1. The Morgan fingerprint density at radius 2 is 2.17 bits per heavy atom. The number of halogens is 2. The summed E-state index contributed by atoms with van der Waals surface area (Å²) in [7, 11) is 0. The number of anilines is 1. The zero-order chi connectivity index (χ0) is 25.4. The van der Waals surface area contributed by atoms with Gasteiger partial charge in [-0.1, -0.05) is 25.4 Å². The van der Waals surface area contributed by atoms with Crippen molar-refractivity contribution >= 4 is 56.9 Å². The largest absolute Gasteiger partial charge is 0.394 e.